The van der Waals surface area contributed by atoms with Gasteiger partial charge >= 0.3 is 0 Å². The molecule has 1 aliphatic heterocycles. The summed E-state index contributed by atoms with van der Waals surface area (Å²) in [5.41, 5.74) is 1.68. The summed E-state index contributed by atoms with van der Waals surface area (Å²) in [6.45, 7) is 2.71. The first-order chi connectivity index (χ1) is 16.6. The number of anilines is 1. The Bertz CT molecular complexity index is 1730. The fourth-order valence-corrected chi connectivity index (χ4v) is 4.72. The maximum atomic E-state index is 13.8. The minimum Gasteiger partial charge on any atom is -0.345 e. The quantitative estimate of drug-likeness (QED) is 0.427. The van der Waals surface area contributed by atoms with Gasteiger partial charge in [-0.3, -0.25) is 9.36 Å². The first-order valence-electron chi connectivity index (χ1n) is 10.7. The Morgan fingerprint density at radius 2 is 2.00 bits per heavy atom. The Morgan fingerprint density at radius 1 is 1.18 bits per heavy atom. The lowest BCUT2D eigenvalue weighted by Gasteiger charge is -2.51. The van der Waals surface area contributed by atoms with Gasteiger partial charge in [0.15, 0.2) is 5.82 Å². The SMILES string of the molecule is C#Cc1ccn2nc(C3(C)CCN3c3ncnc4[nH]cc(C#N)c34)n(-c3ccccc3)c(=O)c12. The van der Waals surface area contributed by atoms with E-state index in [1.165, 1.54) is 6.33 Å². The summed E-state index contributed by atoms with van der Waals surface area (Å²) in [6, 6.07) is 13.3. The van der Waals surface area contributed by atoms with Gasteiger partial charge in [0.1, 0.15) is 34.9 Å². The average molecular weight is 446 g/mol. The monoisotopic (exact) mass is 446 g/mol. The molecule has 1 N–H and O–H groups in total. The van der Waals surface area contributed by atoms with Crippen LogP contribution in [0.5, 0.6) is 0 Å². The summed E-state index contributed by atoms with van der Waals surface area (Å²) >= 11 is 0. The number of aromatic nitrogens is 6. The molecule has 0 saturated carbocycles. The van der Waals surface area contributed by atoms with Gasteiger partial charge in [0.25, 0.3) is 5.56 Å². The van der Waals surface area contributed by atoms with Crippen LogP contribution in [0.3, 0.4) is 0 Å². The summed E-state index contributed by atoms with van der Waals surface area (Å²) in [4.78, 5) is 27.7. The molecule has 0 aliphatic carbocycles. The molecule has 9 heteroatoms. The fourth-order valence-electron chi connectivity index (χ4n) is 4.72. The van der Waals surface area contributed by atoms with Gasteiger partial charge in [-0.2, -0.15) is 10.4 Å². The summed E-state index contributed by atoms with van der Waals surface area (Å²) in [7, 11) is 0. The summed E-state index contributed by atoms with van der Waals surface area (Å²) in [5.74, 6) is 3.77. The number of nitrogens with zero attached hydrogens (tertiary/aromatic N) is 7. The Morgan fingerprint density at radius 3 is 2.71 bits per heavy atom. The van der Waals surface area contributed by atoms with Crippen molar-refractivity contribution in [2.24, 2.45) is 0 Å². The lowest BCUT2D eigenvalue weighted by atomic mass is 9.85. The lowest BCUT2D eigenvalue weighted by molar-refractivity contribution is 0.278. The van der Waals surface area contributed by atoms with Gasteiger partial charge in [-0.15, -0.1) is 6.42 Å². The number of hydrogen-bond acceptors (Lipinski definition) is 6. The molecular formula is C25H18N8O. The number of para-hydroxylation sites is 1. The van der Waals surface area contributed by atoms with Gasteiger partial charge in [0.05, 0.1) is 22.2 Å². The maximum Gasteiger partial charge on any atom is 0.283 e. The normalized spacial score (nSPS) is 17.4. The molecule has 1 atom stereocenters. The molecule has 0 bridgehead atoms. The number of hydrogen-bond donors (Lipinski definition) is 1. The molecule has 1 saturated heterocycles. The fraction of sp³-hybridized carbons (Fsp3) is 0.160. The van der Waals surface area contributed by atoms with E-state index in [9.17, 15) is 10.1 Å². The standard InChI is InChI=1S/C25H18N8O/c1-3-16-9-11-32-20(16)23(34)33(18-7-5-4-6-8-18)24(30-32)25(2)10-12-31(25)22-19-17(13-26)14-27-21(19)28-15-29-22/h1,4-9,11,14-15H,10,12H2,2H3,(H,27,28,29). The van der Waals surface area contributed by atoms with Crippen molar-refractivity contribution < 1.29 is 0 Å². The lowest BCUT2D eigenvalue weighted by Crippen LogP contribution is -2.58. The number of nitriles is 1. The van der Waals surface area contributed by atoms with Crippen LogP contribution in [0.2, 0.25) is 0 Å². The first-order valence-corrected chi connectivity index (χ1v) is 10.7. The van der Waals surface area contributed by atoms with Crippen molar-refractivity contribution in [3.05, 3.63) is 82.4 Å². The minimum atomic E-state index is -0.672. The maximum absolute atomic E-state index is 13.8. The predicted molar refractivity (Wildman–Crippen MR) is 127 cm³/mol. The van der Waals surface area contributed by atoms with E-state index in [2.05, 4.69) is 31.8 Å². The Hall–Kier alpha value is -4.89. The highest BCUT2D eigenvalue weighted by molar-refractivity contribution is 5.93. The number of benzene rings is 1. The number of rotatable bonds is 3. The second kappa shape index (κ2) is 7.06. The molecule has 1 aliphatic rings. The molecule has 0 radical (unpaired) electrons. The number of nitrogens with one attached hydrogen (secondary N) is 1. The summed E-state index contributed by atoms with van der Waals surface area (Å²) in [5, 5.41) is 15.2. The summed E-state index contributed by atoms with van der Waals surface area (Å²) < 4.78 is 3.18. The van der Waals surface area contributed by atoms with E-state index in [1.807, 2.05) is 37.3 Å². The zero-order chi connectivity index (χ0) is 23.4. The highest BCUT2D eigenvalue weighted by atomic mass is 16.1. The van der Waals surface area contributed by atoms with Crippen molar-refractivity contribution in [1.82, 2.24) is 29.1 Å². The van der Waals surface area contributed by atoms with Gasteiger partial charge < -0.3 is 9.88 Å². The van der Waals surface area contributed by atoms with Crippen LogP contribution in [-0.4, -0.2) is 35.7 Å². The van der Waals surface area contributed by atoms with Crippen molar-refractivity contribution in [1.29, 1.82) is 5.26 Å². The average Bonchev–Trinajstić information content (AvgIpc) is 3.48. The van der Waals surface area contributed by atoms with E-state index in [0.29, 0.717) is 51.6 Å². The Labute approximate surface area is 193 Å². The van der Waals surface area contributed by atoms with Gasteiger partial charge in [0.2, 0.25) is 0 Å². The van der Waals surface area contributed by atoms with E-state index >= 15 is 0 Å². The number of fused-ring (bicyclic) bond motifs is 2. The van der Waals surface area contributed by atoms with Crippen LogP contribution in [0.25, 0.3) is 22.2 Å². The molecule has 5 heterocycles. The Kier molecular flexibility index (Phi) is 4.10. The molecule has 9 nitrogen and oxygen atoms in total. The van der Waals surface area contributed by atoms with Gasteiger partial charge in [-0.05, 0) is 31.5 Å². The summed E-state index contributed by atoms with van der Waals surface area (Å²) in [6.07, 6.45) is 11.2. The molecule has 164 valence electrons. The number of aromatic amines is 1. The molecule has 4 aromatic heterocycles. The van der Waals surface area contributed by atoms with Crippen LogP contribution in [0.4, 0.5) is 5.82 Å². The largest absolute Gasteiger partial charge is 0.345 e. The van der Waals surface area contributed by atoms with E-state index in [1.54, 1.807) is 27.5 Å². The second-order valence-corrected chi connectivity index (χ2v) is 8.38. The molecule has 1 unspecified atom stereocenters. The van der Waals surface area contributed by atoms with E-state index in [0.717, 1.165) is 6.42 Å². The molecule has 0 amide bonds. The topological polar surface area (TPSA) is 108 Å². The van der Waals surface area contributed by atoms with Crippen LogP contribution >= 0.6 is 0 Å². The molecule has 5 aromatic rings. The molecule has 1 aromatic carbocycles. The molecule has 6 rings (SSSR count). The van der Waals surface area contributed by atoms with Gasteiger partial charge in [-0.25, -0.2) is 14.5 Å². The van der Waals surface area contributed by atoms with E-state index < -0.39 is 5.54 Å². The van der Waals surface area contributed by atoms with Crippen molar-refractivity contribution in [2.45, 2.75) is 18.9 Å². The zero-order valence-corrected chi connectivity index (χ0v) is 18.2. The van der Waals surface area contributed by atoms with Crippen molar-refractivity contribution in [2.75, 3.05) is 11.4 Å². The van der Waals surface area contributed by atoms with Crippen molar-refractivity contribution >= 4 is 22.4 Å². The third kappa shape index (κ3) is 2.55. The van der Waals surface area contributed by atoms with Crippen LogP contribution in [0.1, 0.15) is 30.3 Å². The van der Waals surface area contributed by atoms with Crippen molar-refractivity contribution in [3.8, 4) is 24.1 Å². The van der Waals surface area contributed by atoms with E-state index in [-0.39, 0.29) is 5.56 Å². The zero-order valence-electron chi connectivity index (χ0n) is 18.2. The predicted octanol–water partition coefficient (Wildman–Crippen LogP) is 2.73. The van der Waals surface area contributed by atoms with Gasteiger partial charge in [-0.1, -0.05) is 24.1 Å². The minimum absolute atomic E-state index is 0.241. The number of H-pyrrole nitrogens is 1. The van der Waals surface area contributed by atoms with E-state index in [4.69, 9.17) is 11.5 Å². The molecule has 1 fully saturated rings. The highest BCUT2D eigenvalue weighted by Crippen LogP contribution is 2.44. The highest BCUT2D eigenvalue weighted by Gasteiger charge is 2.48. The van der Waals surface area contributed by atoms with Crippen LogP contribution in [0, 0.1) is 23.7 Å². The van der Waals surface area contributed by atoms with Crippen LogP contribution in [-0.2, 0) is 5.54 Å². The Balaban J connectivity index is 1.63. The van der Waals surface area contributed by atoms with Gasteiger partial charge in [0, 0.05) is 18.9 Å². The van der Waals surface area contributed by atoms with Crippen LogP contribution in [0.15, 0.2) is 59.9 Å². The first kappa shape index (κ1) is 19.8. The third-order valence-corrected chi connectivity index (χ3v) is 6.58. The third-order valence-electron chi connectivity index (χ3n) is 6.58. The molecular weight excluding hydrogens is 428 g/mol. The van der Waals surface area contributed by atoms with Crippen molar-refractivity contribution in [3.63, 3.8) is 0 Å². The second-order valence-electron chi connectivity index (χ2n) is 8.38. The molecule has 0 spiro atoms. The smallest absolute Gasteiger partial charge is 0.283 e. The molecule has 34 heavy (non-hydrogen) atoms. The number of terminal acetylenes is 1. The van der Waals surface area contributed by atoms with Crippen LogP contribution < -0.4 is 10.5 Å².